The number of nitrogens with two attached hydrogens (primary N) is 1. The van der Waals surface area contributed by atoms with E-state index >= 15 is 0 Å². The molecule has 7 nitrogen and oxygen atoms in total. The van der Waals surface area contributed by atoms with Crippen LogP contribution in [-0.4, -0.2) is 53.3 Å². The largest absolute Gasteiger partial charge is 0.370 e. The van der Waals surface area contributed by atoms with Gasteiger partial charge in [-0.05, 0) is 32.7 Å². The third kappa shape index (κ3) is 4.68. The summed E-state index contributed by atoms with van der Waals surface area (Å²) in [6, 6.07) is 1.65. The molecule has 1 aromatic heterocycles. The maximum Gasteiger partial charge on any atom is 0.269 e. The smallest absolute Gasteiger partial charge is 0.269 e. The molecule has 0 radical (unpaired) electrons. The molecule has 130 valence electrons. The highest BCUT2D eigenvalue weighted by Gasteiger charge is 2.22. The SMILES string of the molecule is CC(C)N(C)C(=O)Cn1ncc(N2CCC(CN)C2)cc1=O.Cl. The van der Waals surface area contributed by atoms with Crippen molar-refractivity contribution >= 4 is 24.0 Å². The van der Waals surface area contributed by atoms with Gasteiger partial charge in [0.1, 0.15) is 6.54 Å². The molecule has 1 unspecified atom stereocenters. The van der Waals surface area contributed by atoms with Crippen molar-refractivity contribution in [2.45, 2.75) is 32.9 Å². The van der Waals surface area contributed by atoms with E-state index in [9.17, 15) is 9.59 Å². The fourth-order valence-corrected chi connectivity index (χ4v) is 2.50. The Kier molecular flexibility index (Phi) is 7.02. The van der Waals surface area contributed by atoms with Crippen molar-refractivity contribution in [2.24, 2.45) is 11.7 Å². The lowest BCUT2D eigenvalue weighted by Gasteiger charge is -2.22. The third-order valence-electron chi connectivity index (χ3n) is 4.29. The van der Waals surface area contributed by atoms with Crippen LogP contribution >= 0.6 is 12.4 Å². The summed E-state index contributed by atoms with van der Waals surface area (Å²) in [5.74, 6) is 0.352. The Hall–Kier alpha value is -1.60. The quantitative estimate of drug-likeness (QED) is 0.832. The second-order valence-corrected chi connectivity index (χ2v) is 6.14. The van der Waals surface area contributed by atoms with E-state index in [1.54, 1.807) is 24.2 Å². The molecule has 1 atom stereocenters. The Morgan fingerprint density at radius 1 is 1.52 bits per heavy atom. The number of likely N-dealkylation sites (N-methyl/N-ethyl adjacent to an activating group) is 1. The van der Waals surface area contributed by atoms with Crippen molar-refractivity contribution in [3.8, 4) is 0 Å². The fraction of sp³-hybridized carbons (Fsp3) is 0.667. The minimum absolute atomic E-state index is 0. The van der Waals surface area contributed by atoms with Crippen molar-refractivity contribution in [1.82, 2.24) is 14.7 Å². The zero-order valence-corrected chi connectivity index (χ0v) is 14.8. The lowest BCUT2D eigenvalue weighted by molar-refractivity contribution is -0.132. The molecular formula is C15H26ClN5O2. The molecule has 8 heteroatoms. The monoisotopic (exact) mass is 343 g/mol. The van der Waals surface area contributed by atoms with Crippen molar-refractivity contribution in [3.63, 3.8) is 0 Å². The van der Waals surface area contributed by atoms with Crippen molar-refractivity contribution in [1.29, 1.82) is 0 Å². The maximum atomic E-state index is 12.2. The summed E-state index contributed by atoms with van der Waals surface area (Å²) >= 11 is 0. The van der Waals surface area contributed by atoms with Gasteiger partial charge in [0.25, 0.3) is 5.56 Å². The molecular weight excluding hydrogens is 318 g/mol. The number of carbonyl (C=O) groups excluding carboxylic acids is 1. The zero-order chi connectivity index (χ0) is 16.3. The first-order chi connectivity index (χ1) is 10.4. The van der Waals surface area contributed by atoms with Crippen molar-refractivity contribution in [3.05, 3.63) is 22.6 Å². The Morgan fingerprint density at radius 2 is 2.22 bits per heavy atom. The number of amides is 1. The van der Waals surface area contributed by atoms with E-state index in [0.717, 1.165) is 25.2 Å². The van der Waals surface area contributed by atoms with Crippen LogP contribution in [0.2, 0.25) is 0 Å². The summed E-state index contributed by atoms with van der Waals surface area (Å²) in [5.41, 5.74) is 6.24. The summed E-state index contributed by atoms with van der Waals surface area (Å²) in [7, 11) is 1.73. The number of hydrogen-bond acceptors (Lipinski definition) is 5. The topological polar surface area (TPSA) is 84.5 Å². The number of nitrogens with zero attached hydrogens (tertiary/aromatic N) is 4. The van der Waals surface area contributed by atoms with E-state index in [0.29, 0.717) is 12.5 Å². The minimum atomic E-state index is -0.251. The molecule has 0 aliphatic carbocycles. The van der Waals surface area contributed by atoms with Crippen LogP contribution in [0.4, 0.5) is 5.69 Å². The van der Waals surface area contributed by atoms with Gasteiger partial charge >= 0.3 is 0 Å². The van der Waals surface area contributed by atoms with Crippen molar-refractivity contribution in [2.75, 3.05) is 31.6 Å². The molecule has 1 aromatic rings. The van der Waals surface area contributed by atoms with Crippen LogP contribution in [0.25, 0.3) is 0 Å². The lowest BCUT2D eigenvalue weighted by Crippen LogP contribution is -2.38. The first kappa shape index (κ1) is 19.4. The molecule has 0 saturated carbocycles. The van der Waals surface area contributed by atoms with Crippen LogP contribution in [0.15, 0.2) is 17.1 Å². The molecule has 1 fully saturated rings. The van der Waals surface area contributed by atoms with Crippen LogP contribution in [0.5, 0.6) is 0 Å². The summed E-state index contributed by atoms with van der Waals surface area (Å²) < 4.78 is 1.21. The fourth-order valence-electron chi connectivity index (χ4n) is 2.50. The second kappa shape index (κ2) is 8.31. The van der Waals surface area contributed by atoms with Crippen LogP contribution in [0.1, 0.15) is 20.3 Å². The van der Waals surface area contributed by atoms with Gasteiger partial charge in [0, 0.05) is 32.2 Å². The van der Waals surface area contributed by atoms with Gasteiger partial charge in [0.15, 0.2) is 0 Å². The highest BCUT2D eigenvalue weighted by molar-refractivity contribution is 5.85. The van der Waals surface area contributed by atoms with E-state index in [1.165, 1.54) is 4.68 Å². The predicted molar refractivity (Wildman–Crippen MR) is 93.0 cm³/mol. The predicted octanol–water partition coefficient (Wildman–Crippen LogP) is 0.317. The summed E-state index contributed by atoms with van der Waals surface area (Å²) in [6.45, 7) is 6.24. The van der Waals surface area contributed by atoms with Gasteiger partial charge in [-0.2, -0.15) is 5.10 Å². The highest BCUT2D eigenvalue weighted by atomic mass is 35.5. The zero-order valence-electron chi connectivity index (χ0n) is 13.9. The van der Waals surface area contributed by atoms with Gasteiger partial charge in [0.2, 0.25) is 5.91 Å². The third-order valence-corrected chi connectivity index (χ3v) is 4.29. The molecule has 23 heavy (non-hydrogen) atoms. The van der Waals surface area contributed by atoms with Gasteiger partial charge in [0.05, 0.1) is 11.9 Å². The first-order valence-corrected chi connectivity index (χ1v) is 7.70. The number of aromatic nitrogens is 2. The molecule has 2 rings (SSSR count). The standard InChI is InChI=1S/C15H25N5O2.ClH/c1-11(2)18(3)15(22)10-20-14(21)6-13(8-17-20)19-5-4-12(7-16)9-19;/h6,8,11-12H,4-5,7,9-10,16H2,1-3H3;1H. The van der Waals surface area contributed by atoms with Crippen LogP contribution in [-0.2, 0) is 11.3 Å². The van der Waals surface area contributed by atoms with E-state index < -0.39 is 0 Å². The van der Waals surface area contributed by atoms with Crippen molar-refractivity contribution < 1.29 is 4.79 Å². The summed E-state index contributed by atoms with van der Waals surface area (Å²) in [4.78, 5) is 27.9. The van der Waals surface area contributed by atoms with Gasteiger partial charge in [-0.25, -0.2) is 4.68 Å². The number of hydrogen-bond donors (Lipinski definition) is 1. The van der Waals surface area contributed by atoms with Gasteiger partial charge in [-0.15, -0.1) is 12.4 Å². The number of rotatable bonds is 5. The highest BCUT2D eigenvalue weighted by Crippen LogP contribution is 2.21. The summed E-state index contributed by atoms with van der Waals surface area (Å²) in [5, 5.41) is 4.14. The molecule has 1 saturated heterocycles. The number of halogens is 1. The van der Waals surface area contributed by atoms with E-state index in [-0.39, 0.29) is 36.5 Å². The van der Waals surface area contributed by atoms with Crippen LogP contribution < -0.4 is 16.2 Å². The Balaban J connectivity index is 0.00000264. The Bertz CT molecular complexity index is 589. The molecule has 0 aromatic carbocycles. The maximum absolute atomic E-state index is 12.2. The van der Waals surface area contributed by atoms with E-state index in [1.807, 2.05) is 13.8 Å². The normalized spacial score (nSPS) is 17.3. The van der Waals surface area contributed by atoms with Crippen LogP contribution in [0.3, 0.4) is 0 Å². The van der Waals surface area contributed by atoms with Gasteiger partial charge in [-0.3, -0.25) is 9.59 Å². The number of anilines is 1. The van der Waals surface area contributed by atoms with Gasteiger partial charge < -0.3 is 15.5 Å². The molecule has 2 N–H and O–H groups in total. The molecule has 1 aliphatic heterocycles. The van der Waals surface area contributed by atoms with E-state index in [2.05, 4.69) is 10.00 Å². The average molecular weight is 344 g/mol. The second-order valence-electron chi connectivity index (χ2n) is 6.14. The van der Waals surface area contributed by atoms with Gasteiger partial charge in [-0.1, -0.05) is 0 Å². The lowest BCUT2D eigenvalue weighted by atomic mass is 10.1. The van der Waals surface area contributed by atoms with E-state index in [4.69, 9.17) is 5.73 Å². The molecule has 0 spiro atoms. The molecule has 1 amide bonds. The minimum Gasteiger partial charge on any atom is -0.370 e. The van der Waals surface area contributed by atoms with Crippen LogP contribution in [0, 0.1) is 5.92 Å². The molecule has 2 heterocycles. The average Bonchev–Trinajstić information content (AvgIpc) is 2.97. The summed E-state index contributed by atoms with van der Waals surface area (Å²) in [6.07, 6.45) is 2.69. The molecule has 0 bridgehead atoms. The Labute approximate surface area is 142 Å². The number of carbonyl (C=O) groups is 1. The first-order valence-electron chi connectivity index (χ1n) is 7.70. The Morgan fingerprint density at radius 3 is 2.74 bits per heavy atom. The molecule has 1 aliphatic rings.